The highest BCUT2D eigenvalue weighted by molar-refractivity contribution is 5.73. The summed E-state index contributed by atoms with van der Waals surface area (Å²) in [5, 5.41) is 0. The summed E-state index contributed by atoms with van der Waals surface area (Å²) < 4.78 is 12.7. The van der Waals surface area contributed by atoms with Gasteiger partial charge in [-0.1, -0.05) is 6.92 Å². The fourth-order valence-electron chi connectivity index (χ4n) is 0.863. The summed E-state index contributed by atoms with van der Waals surface area (Å²) in [7, 11) is 0. The summed E-state index contributed by atoms with van der Waals surface area (Å²) in [6, 6.07) is 0. The average molecular weight is 127 g/mol. The topological polar surface area (TPSA) is 12.4 Å². The van der Waals surface area contributed by atoms with E-state index in [1.807, 2.05) is 6.92 Å². The first-order chi connectivity index (χ1) is 4.34. The minimum Gasteiger partial charge on any atom is -0.290 e. The van der Waals surface area contributed by atoms with E-state index >= 15 is 0 Å². The Morgan fingerprint density at radius 3 is 3.11 bits per heavy atom. The molecule has 0 radical (unpaired) electrons. The van der Waals surface area contributed by atoms with Crippen LogP contribution in [0.1, 0.15) is 13.3 Å². The summed E-state index contributed by atoms with van der Waals surface area (Å²) in [5.74, 6) is 0. The zero-order chi connectivity index (χ0) is 6.69. The van der Waals surface area contributed by atoms with E-state index < -0.39 is 6.17 Å². The predicted octanol–water partition coefficient (Wildman–Crippen LogP) is 1.75. The Balaban J connectivity index is 2.63. The molecule has 50 valence electrons. The van der Waals surface area contributed by atoms with Crippen LogP contribution in [0.4, 0.5) is 4.39 Å². The molecule has 1 atom stereocenters. The highest BCUT2D eigenvalue weighted by atomic mass is 19.1. The number of dihydropyridines is 1. The molecule has 1 nitrogen and oxygen atoms in total. The lowest BCUT2D eigenvalue weighted by atomic mass is 10.1. The molecule has 1 heterocycles. The molecule has 0 aliphatic carbocycles. The molecule has 1 aliphatic heterocycles. The molecule has 1 aliphatic rings. The van der Waals surface area contributed by atoms with Crippen molar-refractivity contribution in [3.63, 3.8) is 0 Å². The Kier molecular flexibility index (Phi) is 1.98. The van der Waals surface area contributed by atoms with E-state index in [2.05, 4.69) is 4.99 Å². The predicted molar refractivity (Wildman–Crippen MR) is 36.6 cm³/mol. The first-order valence-corrected chi connectivity index (χ1v) is 3.17. The van der Waals surface area contributed by atoms with E-state index in [1.54, 1.807) is 12.3 Å². The van der Waals surface area contributed by atoms with Gasteiger partial charge in [0.2, 0.25) is 0 Å². The zero-order valence-electron chi connectivity index (χ0n) is 5.47. The van der Waals surface area contributed by atoms with E-state index in [1.165, 1.54) is 0 Å². The van der Waals surface area contributed by atoms with Gasteiger partial charge in [-0.3, -0.25) is 4.99 Å². The van der Waals surface area contributed by atoms with E-state index in [0.717, 1.165) is 12.0 Å². The molecule has 0 aromatic rings. The van der Waals surface area contributed by atoms with Gasteiger partial charge in [-0.2, -0.15) is 0 Å². The second-order valence-corrected chi connectivity index (χ2v) is 2.08. The number of nitrogens with zero attached hydrogens (tertiary/aromatic N) is 1. The van der Waals surface area contributed by atoms with Gasteiger partial charge in [0.25, 0.3) is 0 Å². The Morgan fingerprint density at radius 2 is 2.67 bits per heavy atom. The smallest absolute Gasteiger partial charge is 0.141 e. The quantitative estimate of drug-likeness (QED) is 0.508. The summed E-state index contributed by atoms with van der Waals surface area (Å²) in [6.45, 7) is 2.28. The number of hydrogen-bond donors (Lipinski definition) is 0. The SMILES string of the molecule is CCC1=CC=NC[C@H]1F. The second-order valence-electron chi connectivity index (χ2n) is 2.08. The number of aliphatic imine (C=N–C) groups is 1. The molecule has 9 heavy (non-hydrogen) atoms. The van der Waals surface area contributed by atoms with E-state index in [0.29, 0.717) is 6.54 Å². The van der Waals surface area contributed by atoms with Gasteiger partial charge in [0.15, 0.2) is 0 Å². The van der Waals surface area contributed by atoms with Crippen LogP contribution >= 0.6 is 0 Å². The minimum atomic E-state index is -0.819. The lowest BCUT2D eigenvalue weighted by Crippen LogP contribution is -2.11. The minimum absolute atomic E-state index is 0.319. The first kappa shape index (κ1) is 6.46. The first-order valence-electron chi connectivity index (χ1n) is 3.17. The number of alkyl halides is 1. The number of allylic oxidation sites excluding steroid dienone is 1. The van der Waals surface area contributed by atoms with Crippen molar-refractivity contribution in [1.82, 2.24) is 0 Å². The third-order valence-corrected chi connectivity index (χ3v) is 1.47. The third-order valence-electron chi connectivity index (χ3n) is 1.47. The van der Waals surface area contributed by atoms with Crippen LogP contribution in [0.15, 0.2) is 16.6 Å². The maximum atomic E-state index is 12.7. The largest absolute Gasteiger partial charge is 0.290 e. The second kappa shape index (κ2) is 2.76. The molecular formula is C7H10FN. The van der Waals surface area contributed by atoms with Crippen LogP contribution < -0.4 is 0 Å². The molecular weight excluding hydrogens is 117 g/mol. The van der Waals surface area contributed by atoms with E-state index in [-0.39, 0.29) is 0 Å². The van der Waals surface area contributed by atoms with Crippen LogP contribution in [0.2, 0.25) is 0 Å². The summed E-state index contributed by atoms with van der Waals surface area (Å²) in [4.78, 5) is 3.78. The van der Waals surface area contributed by atoms with Crippen molar-refractivity contribution in [3.8, 4) is 0 Å². The summed E-state index contributed by atoms with van der Waals surface area (Å²) >= 11 is 0. The molecule has 0 saturated heterocycles. The highest BCUT2D eigenvalue weighted by Crippen LogP contribution is 2.12. The molecule has 0 saturated carbocycles. The van der Waals surface area contributed by atoms with Crippen molar-refractivity contribution in [2.24, 2.45) is 4.99 Å². The lowest BCUT2D eigenvalue weighted by molar-refractivity contribution is 0.382. The fourth-order valence-corrected chi connectivity index (χ4v) is 0.863. The van der Waals surface area contributed by atoms with Gasteiger partial charge in [0.1, 0.15) is 6.17 Å². The third kappa shape index (κ3) is 1.37. The summed E-state index contributed by atoms with van der Waals surface area (Å²) in [5.41, 5.74) is 0.866. The van der Waals surface area contributed by atoms with E-state index in [4.69, 9.17) is 0 Å². The van der Waals surface area contributed by atoms with Crippen molar-refractivity contribution in [1.29, 1.82) is 0 Å². The van der Waals surface area contributed by atoms with Crippen molar-refractivity contribution in [3.05, 3.63) is 11.6 Å². The monoisotopic (exact) mass is 127 g/mol. The molecule has 0 unspecified atom stereocenters. The number of hydrogen-bond acceptors (Lipinski definition) is 1. The molecule has 2 heteroatoms. The van der Waals surface area contributed by atoms with Crippen molar-refractivity contribution < 1.29 is 4.39 Å². The highest BCUT2D eigenvalue weighted by Gasteiger charge is 2.11. The molecule has 0 spiro atoms. The molecule has 0 amide bonds. The Labute approximate surface area is 54.3 Å². The van der Waals surface area contributed by atoms with Crippen LogP contribution in [-0.2, 0) is 0 Å². The normalized spacial score (nSPS) is 26.0. The van der Waals surface area contributed by atoms with Gasteiger partial charge in [-0.05, 0) is 18.1 Å². The Morgan fingerprint density at radius 1 is 1.89 bits per heavy atom. The molecule has 0 bridgehead atoms. The van der Waals surface area contributed by atoms with E-state index in [9.17, 15) is 4.39 Å². The van der Waals surface area contributed by atoms with Gasteiger partial charge in [0, 0.05) is 6.21 Å². The molecule has 0 aromatic carbocycles. The van der Waals surface area contributed by atoms with Crippen LogP contribution in [0.5, 0.6) is 0 Å². The van der Waals surface area contributed by atoms with Crippen molar-refractivity contribution in [2.45, 2.75) is 19.5 Å². The van der Waals surface area contributed by atoms with Crippen LogP contribution in [0.25, 0.3) is 0 Å². The molecule has 0 N–H and O–H groups in total. The maximum absolute atomic E-state index is 12.7. The van der Waals surface area contributed by atoms with Gasteiger partial charge >= 0.3 is 0 Å². The van der Waals surface area contributed by atoms with Gasteiger partial charge < -0.3 is 0 Å². The fraction of sp³-hybridized carbons (Fsp3) is 0.571. The lowest BCUT2D eigenvalue weighted by Gasteiger charge is -2.10. The van der Waals surface area contributed by atoms with Crippen LogP contribution in [0.3, 0.4) is 0 Å². The molecule has 0 aromatic heterocycles. The zero-order valence-corrected chi connectivity index (χ0v) is 5.47. The molecule has 0 fully saturated rings. The maximum Gasteiger partial charge on any atom is 0.141 e. The number of halogens is 1. The van der Waals surface area contributed by atoms with Crippen LogP contribution in [-0.4, -0.2) is 18.9 Å². The van der Waals surface area contributed by atoms with Gasteiger partial charge in [-0.25, -0.2) is 4.39 Å². The Bertz CT molecular complexity index is 149. The average Bonchev–Trinajstić information content (AvgIpc) is 1.89. The summed E-state index contributed by atoms with van der Waals surface area (Å²) in [6.07, 6.45) is 3.41. The van der Waals surface area contributed by atoms with Crippen molar-refractivity contribution >= 4 is 6.21 Å². The van der Waals surface area contributed by atoms with Crippen molar-refractivity contribution in [2.75, 3.05) is 6.54 Å². The Hall–Kier alpha value is -0.660. The number of rotatable bonds is 1. The molecule has 1 rings (SSSR count). The van der Waals surface area contributed by atoms with Gasteiger partial charge in [-0.15, -0.1) is 0 Å². The standard InChI is InChI=1S/C7H10FN/c1-2-6-3-4-9-5-7(6)8/h3-4,7H,2,5H2,1H3/t7-/m1/s1. The van der Waals surface area contributed by atoms with Crippen LogP contribution in [0, 0.1) is 0 Å². The van der Waals surface area contributed by atoms with Gasteiger partial charge in [0.05, 0.1) is 6.54 Å².